The first-order valence-corrected chi connectivity index (χ1v) is 9.34. The van der Waals surface area contributed by atoms with Crippen LogP contribution in [0.25, 0.3) is 0 Å². The van der Waals surface area contributed by atoms with Crippen LogP contribution in [0.2, 0.25) is 0 Å². The lowest BCUT2D eigenvalue weighted by molar-refractivity contribution is 0.0745. The van der Waals surface area contributed by atoms with Crippen LogP contribution in [0.4, 0.5) is 4.39 Å². The van der Waals surface area contributed by atoms with Crippen molar-refractivity contribution in [1.29, 1.82) is 0 Å². The van der Waals surface area contributed by atoms with E-state index in [9.17, 15) is 14.0 Å². The molecular weight excluding hydrogens is 347 g/mol. The van der Waals surface area contributed by atoms with Crippen LogP contribution in [0, 0.1) is 11.7 Å². The minimum atomic E-state index is -0.319. The zero-order valence-corrected chi connectivity index (χ0v) is 15.7. The molecule has 1 aliphatic rings. The zero-order chi connectivity index (χ0) is 19.4. The molecule has 0 fully saturated rings. The second kappa shape index (κ2) is 8.33. The average Bonchev–Trinajstić information content (AvgIpc) is 2.98. The molecule has 2 heterocycles. The van der Waals surface area contributed by atoms with Gasteiger partial charge in [0.25, 0.3) is 11.8 Å². The Morgan fingerprint density at radius 3 is 2.85 bits per heavy atom. The first kappa shape index (κ1) is 19.1. The SMILES string of the molecule is CC(C)CCNC(=O)c1cc2n(n1)CCCN(Cc1cccc(F)c1)C2=O. The van der Waals surface area contributed by atoms with Crippen molar-refractivity contribution in [1.82, 2.24) is 20.0 Å². The van der Waals surface area contributed by atoms with E-state index in [0.29, 0.717) is 37.8 Å². The summed E-state index contributed by atoms with van der Waals surface area (Å²) in [5.41, 5.74) is 1.40. The lowest BCUT2D eigenvalue weighted by Crippen LogP contribution is -2.30. The van der Waals surface area contributed by atoms with Gasteiger partial charge < -0.3 is 10.2 Å². The van der Waals surface area contributed by atoms with Crippen molar-refractivity contribution in [2.24, 2.45) is 5.92 Å². The second-order valence-electron chi connectivity index (χ2n) is 7.29. The number of nitrogens with one attached hydrogen (secondary N) is 1. The van der Waals surface area contributed by atoms with Gasteiger partial charge in [-0.05, 0) is 36.5 Å². The number of amides is 2. The summed E-state index contributed by atoms with van der Waals surface area (Å²) in [5.74, 6) is -0.270. The van der Waals surface area contributed by atoms with Crippen LogP contribution in [0.3, 0.4) is 0 Å². The van der Waals surface area contributed by atoms with Crippen molar-refractivity contribution in [3.63, 3.8) is 0 Å². The molecule has 2 amide bonds. The Bertz CT molecular complexity index is 831. The quantitative estimate of drug-likeness (QED) is 0.848. The van der Waals surface area contributed by atoms with Crippen LogP contribution in [0.5, 0.6) is 0 Å². The van der Waals surface area contributed by atoms with Gasteiger partial charge in [-0.2, -0.15) is 5.10 Å². The molecule has 0 unspecified atom stereocenters. The smallest absolute Gasteiger partial charge is 0.272 e. The molecule has 1 N–H and O–H groups in total. The molecular formula is C20H25FN4O2. The zero-order valence-electron chi connectivity index (χ0n) is 15.7. The third kappa shape index (κ3) is 4.72. The second-order valence-corrected chi connectivity index (χ2v) is 7.29. The molecule has 0 atom stereocenters. The number of hydrogen-bond donors (Lipinski definition) is 1. The van der Waals surface area contributed by atoms with E-state index < -0.39 is 0 Å². The molecule has 27 heavy (non-hydrogen) atoms. The van der Waals surface area contributed by atoms with Crippen LogP contribution in [-0.4, -0.2) is 39.6 Å². The number of fused-ring (bicyclic) bond motifs is 1. The Labute approximate surface area is 158 Å². The number of aromatic nitrogens is 2. The number of carbonyl (C=O) groups excluding carboxylic acids is 2. The molecule has 6 nitrogen and oxygen atoms in total. The van der Waals surface area contributed by atoms with E-state index in [-0.39, 0.29) is 23.3 Å². The number of rotatable bonds is 6. The van der Waals surface area contributed by atoms with Gasteiger partial charge in [-0.25, -0.2) is 4.39 Å². The van der Waals surface area contributed by atoms with E-state index in [1.165, 1.54) is 12.1 Å². The molecule has 0 bridgehead atoms. The molecule has 1 aliphatic heterocycles. The topological polar surface area (TPSA) is 67.2 Å². The molecule has 0 radical (unpaired) electrons. The van der Waals surface area contributed by atoms with Crippen molar-refractivity contribution in [3.05, 3.63) is 53.1 Å². The summed E-state index contributed by atoms with van der Waals surface area (Å²) >= 11 is 0. The predicted octanol–water partition coefficient (Wildman–Crippen LogP) is 2.84. The molecule has 0 aliphatic carbocycles. The molecule has 1 aromatic carbocycles. The summed E-state index contributed by atoms with van der Waals surface area (Å²) in [5, 5.41) is 7.16. The first-order valence-electron chi connectivity index (χ1n) is 9.34. The first-order chi connectivity index (χ1) is 12.9. The number of nitrogens with zero attached hydrogens (tertiary/aromatic N) is 3. The number of benzene rings is 1. The Hall–Kier alpha value is -2.70. The summed E-state index contributed by atoms with van der Waals surface area (Å²) in [4.78, 5) is 26.9. The number of hydrogen-bond acceptors (Lipinski definition) is 3. The van der Waals surface area contributed by atoms with Crippen molar-refractivity contribution < 1.29 is 14.0 Å². The molecule has 3 rings (SSSR count). The molecule has 0 saturated carbocycles. The summed E-state index contributed by atoms with van der Waals surface area (Å²) in [6.07, 6.45) is 1.61. The van der Waals surface area contributed by atoms with Gasteiger partial charge in [0.15, 0.2) is 5.69 Å². The number of halogens is 1. The minimum absolute atomic E-state index is 0.189. The fourth-order valence-corrected chi connectivity index (χ4v) is 3.12. The van der Waals surface area contributed by atoms with Crippen LogP contribution < -0.4 is 5.32 Å². The molecule has 7 heteroatoms. The Morgan fingerprint density at radius 2 is 2.11 bits per heavy atom. The third-order valence-electron chi connectivity index (χ3n) is 4.59. The molecule has 144 valence electrons. The van der Waals surface area contributed by atoms with E-state index in [0.717, 1.165) is 18.4 Å². The fourth-order valence-electron chi connectivity index (χ4n) is 3.12. The highest BCUT2D eigenvalue weighted by Gasteiger charge is 2.26. The fraction of sp³-hybridized carbons (Fsp3) is 0.450. The lowest BCUT2D eigenvalue weighted by Gasteiger charge is -2.20. The molecule has 2 aromatic rings. The van der Waals surface area contributed by atoms with Gasteiger partial charge in [-0.1, -0.05) is 26.0 Å². The van der Waals surface area contributed by atoms with Crippen molar-refractivity contribution in [2.75, 3.05) is 13.1 Å². The van der Waals surface area contributed by atoms with Gasteiger partial charge in [0, 0.05) is 32.2 Å². The maximum Gasteiger partial charge on any atom is 0.272 e. The average molecular weight is 372 g/mol. The maximum absolute atomic E-state index is 13.4. The van der Waals surface area contributed by atoms with E-state index in [4.69, 9.17) is 0 Å². The standard InChI is InChI=1S/C20H25FN4O2/c1-14(2)7-8-22-19(26)17-12-18-20(27)24(9-4-10-25(18)23-17)13-15-5-3-6-16(21)11-15/h3,5-6,11-12,14H,4,7-10,13H2,1-2H3,(H,22,26). The van der Waals surface area contributed by atoms with Gasteiger partial charge in [-0.15, -0.1) is 0 Å². The highest BCUT2D eigenvalue weighted by Crippen LogP contribution is 2.17. The van der Waals surface area contributed by atoms with Crippen LogP contribution in [-0.2, 0) is 13.1 Å². The minimum Gasteiger partial charge on any atom is -0.351 e. The number of carbonyl (C=O) groups is 2. The van der Waals surface area contributed by atoms with E-state index in [1.54, 1.807) is 27.8 Å². The maximum atomic E-state index is 13.4. The van der Waals surface area contributed by atoms with E-state index in [2.05, 4.69) is 24.3 Å². The van der Waals surface area contributed by atoms with Gasteiger partial charge in [0.2, 0.25) is 0 Å². The van der Waals surface area contributed by atoms with Gasteiger partial charge in [0.05, 0.1) is 0 Å². The van der Waals surface area contributed by atoms with Crippen molar-refractivity contribution in [3.8, 4) is 0 Å². The van der Waals surface area contributed by atoms with Gasteiger partial charge in [0.1, 0.15) is 11.5 Å². The monoisotopic (exact) mass is 372 g/mol. The highest BCUT2D eigenvalue weighted by atomic mass is 19.1. The van der Waals surface area contributed by atoms with E-state index >= 15 is 0 Å². The van der Waals surface area contributed by atoms with Crippen LogP contribution >= 0.6 is 0 Å². The van der Waals surface area contributed by atoms with Crippen molar-refractivity contribution in [2.45, 2.75) is 39.8 Å². The summed E-state index contributed by atoms with van der Waals surface area (Å²) in [7, 11) is 0. The molecule has 0 saturated heterocycles. The summed E-state index contributed by atoms with van der Waals surface area (Å²) in [6.45, 7) is 6.23. The number of aryl methyl sites for hydroxylation is 1. The van der Waals surface area contributed by atoms with Gasteiger partial charge in [-0.3, -0.25) is 14.3 Å². The largest absolute Gasteiger partial charge is 0.351 e. The van der Waals surface area contributed by atoms with Crippen molar-refractivity contribution >= 4 is 11.8 Å². The van der Waals surface area contributed by atoms with Gasteiger partial charge >= 0.3 is 0 Å². The Kier molecular flexibility index (Phi) is 5.88. The van der Waals surface area contributed by atoms with Crippen LogP contribution in [0.15, 0.2) is 30.3 Å². The van der Waals surface area contributed by atoms with E-state index in [1.807, 2.05) is 0 Å². The summed E-state index contributed by atoms with van der Waals surface area (Å²) in [6, 6.07) is 7.80. The summed E-state index contributed by atoms with van der Waals surface area (Å²) < 4.78 is 15.0. The predicted molar refractivity (Wildman–Crippen MR) is 99.8 cm³/mol. The van der Waals surface area contributed by atoms with Crippen LogP contribution in [0.1, 0.15) is 53.2 Å². The third-order valence-corrected chi connectivity index (χ3v) is 4.59. The molecule has 1 aromatic heterocycles. The molecule has 0 spiro atoms. The Morgan fingerprint density at radius 1 is 1.30 bits per heavy atom. The normalized spacial score (nSPS) is 14.2. The highest BCUT2D eigenvalue weighted by molar-refractivity contribution is 5.98. The Balaban J connectivity index is 1.72. The lowest BCUT2D eigenvalue weighted by atomic mass is 10.1.